The van der Waals surface area contributed by atoms with Gasteiger partial charge in [0.15, 0.2) is 0 Å². The summed E-state index contributed by atoms with van der Waals surface area (Å²) in [5, 5.41) is 0. The van der Waals surface area contributed by atoms with Crippen LogP contribution in [-0.2, 0) is 10.0 Å². The second kappa shape index (κ2) is 6.85. The summed E-state index contributed by atoms with van der Waals surface area (Å²) in [6, 6.07) is 9.73. The van der Waals surface area contributed by atoms with Crippen molar-refractivity contribution in [3.63, 3.8) is 0 Å². The molecule has 0 bridgehead atoms. The van der Waals surface area contributed by atoms with Crippen molar-refractivity contribution in [1.29, 1.82) is 0 Å². The van der Waals surface area contributed by atoms with Crippen LogP contribution in [0.4, 0.5) is 0 Å². The summed E-state index contributed by atoms with van der Waals surface area (Å²) in [7, 11) is -3.28. The molecule has 0 aliphatic carbocycles. The minimum atomic E-state index is -3.28. The maximum atomic E-state index is 12.6. The Morgan fingerprint density at radius 1 is 1.43 bits per heavy atom. The van der Waals surface area contributed by atoms with Crippen molar-refractivity contribution in [2.24, 2.45) is 11.7 Å². The third-order valence-corrected chi connectivity index (χ3v) is 6.38. The number of nitrogens with zero attached hydrogens (tertiary/aromatic N) is 1. The molecule has 2 unspecified atom stereocenters. The van der Waals surface area contributed by atoms with E-state index >= 15 is 0 Å². The minimum absolute atomic E-state index is 0.00977. The average Bonchev–Trinajstić information content (AvgIpc) is 2.48. The highest BCUT2D eigenvalue weighted by molar-refractivity contribution is 7.89. The molecule has 1 aliphatic heterocycles. The first-order valence-electron chi connectivity index (χ1n) is 7.22. The van der Waals surface area contributed by atoms with Gasteiger partial charge in [-0.3, -0.25) is 0 Å². The summed E-state index contributed by atoms with van der Waals surface area (Å²) in [5.74, 6) is 0.109. The molecule has 0 spiro atoms. The number of sulfonamides is 1. The first-order valence-corrected chi connectivity index (χ1v) is 9.24. The summed E-state index contributed by atoms with van der Waals surface area (Å²) >= 11 is 5.01. The van der Waals surface area contributed by atoms with E-state index in [1.54, 1.807) is 4.31 Å². The van der Waals surface area contributed by atoms with Crippen LogP contribution in [-0.4, -0.2) is 36.6 Å². The van der Waals surface area contributed by atoms with Crippen molar-refractivity contribution in [3.05, 3.63) is 35.9 Å². The molecule has 0 saturated carbocycles. The molecule has 2 rings (SSSR count). The minimum Gasteiger partial charge on any atom is -0.393 e. The van der Waals surface area contributed by atoms with Crippen molar-refractivity contribution in [2.45, 2.75) is 25.7 Å². The van der Waals surface area contributed by atoms with E-state index in [1.165, 1.54) is 0 Å². The van der Waals surface area contributed by atoms with Crippen LogP contribution >= 0.6 is 12.2 Å². The van der Waals surface area contributed by atoms with Crippen molar-refractivity contribution in [2.75, 3.05) is 18.8 Å². The molecule has 0 radical (unpaired) electrons. The molecule has 0 amide bonds. The van der Waals surface area contributed by atoms with Gasteiger partial charge in [-0.25, -0.2) is 12.7 Å². The monoisotopic (exact) mass is 326 g/mol. The number of rotatable bonds is 5. The Hall–Kier alpha value is -0.980. The van der Waals surface area contributed by atoms with E-state index in [0.29, 0.717) is 18.1 Å². The Labute approximate surface area is 132 Å². The molecule has 116 valence electrons. The molecular formula is C15H22N2O2S2. The maximum absolute atomic E-state index is 12.6. The molecule has 1 aliphatic rings. The topological polar surface area (TPSA) is 63.4 Å². The van der Waals surface area contributed by atoms with Crippen LogP contribution < -0.4 is 5.73 Å². The number of hydrogen-bond acceptors (Lipinski definition) is 3. The van der Waals surface area contributed by atoms with Crippen LogP contribution in [0.3, 0.4) is 0 Å². The number of piperidine rings is 1. The lowest BCUT2D eigenvalue weighted by Gasteiger charge is -2.32. The molecule has 1 heterocycles. The van der Waals surface area contributed by atoms with Crippen LogP contribution in [0.15, 0.2) is 30.3 Å². The van der Waals surface area contributed by atoms with Crippen molar-refractivity contribution in [1.82, 2.24) is 4.31 Å². The molecule has 4 nitrogen and oxygen atoms in total. The summed E-state index contributed by atoms with van der Waals surface area (Å²) in [6.45, 7) is 2.95. The third-order valence-electron chi connectivity index (χ3n) is 4.01. The van der Waals surface area contributed by atoms with E-state index < -0.39 is 10.0 Å². The fourth-order valence-electron chi connectivity index (χ4n) is 2.73. The Morgan fingerprint density at radius 3 is 2.71 bits per heavy atom. The van der Waals surface area contributed by atoms with Gasteiger partial charge in [0.1, 0.15) is 0 Å². The maximum Gasteiger partial charge on any atom is 0.214 e. The zero-order valence-electron chi connectivity index (χ0n) is 12.2. The normalized spacial score (nSPS) is 21.9. The van der Waals surface area contributed by atoms with Gasteiger partial charge >= 0.3 is 0 Å². The van der Waals surface area contributed by atoms with Gasteiger partial charge in [0.05, 0.1) is 10.7 Å². The summed E-state index contributed by atoms with van der Waals surface area (Å²) in [5.41, 5.74) is 6.72. The van der Waals surface area contributed by atoms with E-state index in [2.05, 4.69) is 0 Å². The largest absolute Gasteiger partial charge is 0.393 e. The molecule has 6 heteroatoms. The standard InChI is InChI=1S/C15H22N2O2S2/c1-12(13-6-3-2-4-7-13)11-21(18,19)17-9-5-8-14(10-17)15(16)20/h2-4,6-7,12,14H,5,8-11H2,1H3,(H2,16,20). The smallest absolute Gasteiger partial charge is 0.214 e. The number of thiocarbonyl (C=S) groups is 1. The molecular weight excluding hydrogens is 304 g/mol. The fourth-order valence-corrected chi connectivity index (χ4v) is 4.77. The lowest BCUT2D eigenvalue weighted by Crippen LogP contribution is -2.44. The predicted octanol–water partition coefficient (Wildman–Crippen LogP) is 2.12. The van der Waals surface area contributed by atoms with Crippen molar-refractivity contribution in [3.8, 4) is 0 Å². The highest BCUT2D eigenvalue weighted by Gasteiger charge is 2.31. The molecule has 1 aromatic rings. The molecule has 0 aromatic heterocycles. The molecule has 21 heavy (non-hydrogen) atoms. The Bertz CT molecular complexity index is 587. The van der Waals surface area contributed by atoms with Gasteiger partial charge in [-0.2, -0.15) is 0 Å². The van der Waals surface area contributed by atoms with E-state index in [9.17, 15) is 8.42 Å². The summed E-state index contributed by atoms with van der Waals surface area (Å²) < 4.78 is 26.7. The highest BCUT2D eigenvalue weighted by Crippen LogP contribution is 2.23. The quantitative estimate of drug-likeness (QED) is 0.842. The second-order valence-corrected chi connectivity index (χ2v) is 8.17. The summed E-state index contributed by atoms with van der Waals surface area (Å²) in [4.78, 5) is 0.422. The second-order valence-electron chi connectivity index (χ2n) is 5.69. The highest BCUT2D eigenvalue weighted by atomic mass is 32.2. The zero-order valence-corrected chi connectivity index (χ0v) is 13.9. The van der Waals surface area contributed by atoms with E-state index in [1.807, 2.05) is 37.3 Å². The van der Waals surface area contributed by atoms with Gasteiger partial charge in [-0.1, -0.05) is 49.5 Å². The molecule has 1 saturated heterocycles. The van der Waals surface area contributed by atoms with E-state index in [0.717, 1.165) is 18.4 Å². The SMILES string of the molecule is CC(CS(=O)(=O)N1CCCC(C(N)=S)C1)c1ccccc1. The van der Waals surface area contributed by atoms with Gasteiger partial charge < -0.3 is 5.73 Å². The first-order chi connectivity index (χ1) is 9.90. The molecule has 2 N–H and O–H groups in total. The summed E-state index contributed by atoms with van der Waals surface area (Å²) in [6.07, 6.45) is 1.70. The van der Waals surface area contributed by atoms with E-state index in [4.69, 9.17) is 18.0 Å². The predicted molar refractivity (Wildman–Crippen MR) is 89.7 cm³/mol. The molecule has 2 atom stereocenters. The third kappa shape index (κ3) is 4.25. The van der Waals surface area contributed by atoms with Gasteiger partial charge in [0.25, 0.3) is 0 Å². The molecule has 1 fully saturated rings. The van der Waals surface area contributed by atoms with Crippen LogP contribution in [0.25, 0.3) is 0 Å². The lowest BCUT2D eigenvalue weighted by atomic mass is 10.00. The van der Waals surface area contributed by atoms with Crippen LogP contribution in [0.5, 0.6) is 0 Å². The zero-order chi connectivity index (χ0) is 15.5. The van der Waals surface area contributed by atoms with Crippen molar-refractivity contribution < 1.29 is 8.42 Å². The van der Waals surface area contributed by atoms with Gasteiger partial charge in [-0.15, -0.1) is 0 Å². The van der Waals surface area contributed by atoms with Gasteiger partial charge in [-0.05, 0) is 24.3 Å². The molecule has 1 aromatic carbocycles. The Kier molecular flexibility index (Phi) is 5.35. The van der Waals surface area contributed by atoms with Crippen LogP contribution in [0, 0.1) is 5.92 Å². The van der Waals surface area contributed by atoms with Crippen LogP contribution in [0.2, 0.25) is 0 Å². The first kappa shape index (κ1) is 16.4. The number of hydrogen-bond donors (Lipinski definition) is 1. The Balaban J connectivity index is 2.06. The Morgan fingerprint density at radius 2 is 2.10 bits per heavy atom. The lowest BCUT2D eigenvalue weighted by molar-refractivity contribution is 0.312. The van der Waals surface area contributed by atoms with Gasteiger partial charge in [0, 0.05) is 19.0 Å². The number of nitrogens with two attached hydrogens (primary N) is 1. The van der Waals surface area contributed by atoms with Crippen LogP contribution in [0.1, 0.15) is 31.2 Å². The average molecular weight is 326 g/mol. The van der Waals surface area contributed by atoms with Crippen molar-refractivity contribution >= 4 is 27.2 Å². The van der Waals surface area contributed by atoms with Gasteiger partial charge in [0.2, 0.25) is 10.0 Å². The fraction of sp³-hybridized carbons (Fsp3) is 0.533. The number of benzene rings is 1. The van der Waals surface area contributed by atoms with E-state index in [-0.39, 0.29) is 17.6 Å².